The molecular formula is C35H44B2N2O4+2. The summed E-state index contributed by atoms with van der Waals surface area (Å²) >= 11 is 0. The van der Waals surface area contributed by atoms with E-state index in [1.807, 2.05) is 46.1 Å². The molecule has 5 rings (SSSR count). The van der Waals surface area contributed by atoms with Crippen LogP contribution in [0.1, 0.15) is 75.3 Å². The van der Waals surface area contributed by atoms with Crippen molar-refractivity contribution < 1.29 is 29.2 Å². The molecular weight excluding hydrogens is 534 g/mol. The molecule has 222 valence electrons. The second kappa shape index (κ2) is 14.9. The van der Waals surface area contributed by atoms with E-state index in [1.165, 1.54) is 47.9 Å². The summed E-state index contributed by atoms with van der Waals surface area (Å²) < 4.78 is 4.09. The quantitative estimate of drug-likeness (QED) is 0.0935. The van der Waals surface area contributed by atoms with Gasteiger partial charge in [-0.2, -0.15) is 0 Å². The van der Waals surface area contributed by atoms with Crippen LogP contribution in [0.3, 0.4) is 0 Å². The molecule has 43 heavy (non-hydrogen) atoms. The first-order valence-electron chi connectivity index (χ1n) is 15.9. The third-order valence-corrected chi connectivity index (χ3v) is 9.07. The molecule has 2 heterocycles. The van der Waals surface area contributed by atoms with Crippen LogP contribution in [0.2, 0.25) is 0 Å². The molecule has 0 amide bonds. The van der Waals surface area contributed by atoms with Gasteiger partial charge in [0.05, 0.1) is 0 Å². The van der Waals surface area contributed by atoms with Gasteiger partial charge in [0.25, 0.3) is 0 Å². The van der Waals surface area contributed by atoms with Crippen molar-refractivity contribution in [3.05, 3.63) is 109 Å². The number of aryl methyl sites for hydroxylation is 2. The first kappa shape index (κ1) is 31.1. The van der Waals surface area contributed by atoms with Crippen molar-refractivity contribution >= 4 is 25.2 Å². The van der Waals surface area contributed by atoms with Crippen LogP contribution in [-0.4, -0.2) is 34.3 Å². The van der Waals surface area contributed by atoms with Crippen molar-refractivity contribution in [3.63, 3.8) is 0 Å². The van der Waals surface area contributed by atoms with Crippen LogP contribution in [-0.2, 0) is 18.5 Å². The van der Waals surface area contributed by atoms with Crippen molar-refractivity contribution in [2.45, 2.75) is 82.7 Å². The summed E-state index contributed by atoms with van der Waals surface area (Å²) in [6.45, 7) is 1.75. The molecule has 1 aliphatic rings. The van der Waals surface area contributed by atoms with Crippen LogP contribution in [0, 0.1) is 0 Å². The maximum absolute atomic E-state index is 9.46. The van der Waals surface area contributed by atoms with Crippen LogP contribution >= 0.6 is 0 Å². The SMILES string of the molecule is OB(O)c1ccc[n+](CCCCCCC2(CCCCCC[n+]3cccc(B(O)O)c3)c3ccccc3-c3ccccc32)c1. The molecule has 0 spiro atoms. The van der Waals surface area contributed by atoms with Gasteiger partial charge in [0, 0.05) is 41.3 Å². The molecule has 2 aromatic heterocycles. The van der Waals surface area contributed by atoms with E-state index in [1.54, 1.807) is 12.1 Å². The minimum atomic E-state index is -1.43. The van der Waals surface area contributed by atoms with E-state index in [4.69, 9.17) is 0 Å². The number of hydrogen-bond donors (Lipinski definition) is 4. The summed E-state index contributed by atoms with van der Waals surface area (Å²) in [4.78, 5) is 0. The van der Waals surface area contributed by atoms with Crippen LogP contribution in [0.5, 0.6) is 0 Å². The van der Waals surface area contributed by atoms with E-state index in [9.17, 15) is 20.1 Å². The summed E-state index contributed by atoms with van der Waals surface area (Å²) in [5, 5.41) is 37.8. The lowest BCUT2D eigenvalue weighted by atomic mass is 9.70. The molecule has 0 radical (unpaired) electrons. The van der Waals surface area contributed by atoms with Gasteiger partial charge in [-0.25, -0.2) is 9.13 Å². The Morgan fingerprint density at radius 3 is 1.35 bits per heavy atom. The Kier molecular flexibility index (Phi) is 10.8. The second-order valence-electron chi connectivity index (χ2n) is 12.0. The lowest BCUT2D eigenvalue weighted by Crippen LogP contribution is -2.41. The largest absolute Gasteiger partial charge is 0.494 e. The number of fused-ring (bicyclic) bond motifs is 3. The first-order chi connectivity index (χ1) is 21.0. The average Bonchev–Trinajstić information content (AvgIpc) is 3.30. The number of hydrogen-bond acceptors (Lipinski definition) is 4. The van der Waals surface area contributed by atoms with Gasteiger partial charge in [-0.3, -0.25) is 0 Å². The van der Waals surface area contributed by atoms with Gasteiger partial charge in [-0.15, -0.1) is 0 Å². The van der Waals surface area contributed by atoms with Gasteiger partial charge in [0.15, 0.2) is 24.8 Å². The number of rotatable bonds is 16. The highest BCUT2D eigenvalue weighted by Crippen LogP contribution is 2.53. The van der Waals surface area contributed by atoms with E-state index in [2.05, 4.69) is 48.5 Å². The van der Waals surface area contributed by atoms with E-state index in [-0.39, 0.29) is 5.41 Å². The van der Waals surface area contributed by atoms with Crippen molar-refractivity contribution in [2.24, 2.45) is 0 Å². The molecule has 4 N–H and O–H groups in total. The third-order valence-electron chi connectivity index (χ3n) is 9.07. The van der Waals surface area contributed by atoms with Gasteiger partial charge in [-0.1, -0.05) is 86.3 Å². The molecule has 0 bridgehead atoms. The van der Waals surface area contributed by atoms with E-state index < -0.39 is 14.2 Å². The molecule has 0 saturated carbocycles. The molecule has 2 aromatic carbocycles. The lowest BCUT2D eigenvalue weighted by molar-refractivity contribution is -0.696. The summed E-state index contributed by atoms with van der Waals surface area (Å²) in [6, 6.07) is 25.2. The Morgan fingerprint density at radius 2 is 0.907 bits per heavy atom. The molecule has 4 aromatic rings. The number of aromatic nitrogens is 2. The molecule has 0 aliphatic heterocycles. The minimum Gasteiger partial charge on any atom is -0.423 e. The number of nitrogens with zero attached hydrogens (tertiary/aromatic N) is 2. The predicted molar refractivity (Wildman–Crippen MR) is 172 cm³/mol. The lowest BCUT2D eigenvalue weighted by Gasteiger charge is -2.33. The number of benzene rings is 2. The predicted octanol–water partition coefficient (Wildman–Crippen LogP) is 3.19. The van der Waals surface area contributed by atoms with Gasteiger partial charge in [-0.05, 0) is 47.9 Å². The van der Waals surface area contributed by atoms with Crippen LogP contribution in [0.4, 0.5) is 0 Å². The highest BCUT2D eigenvalue weighted by molar-refractivity contribution is 6.58. The van der Waals surface area contributed by atoms with Gasteiger partial charge in [0.2, 0.25) is 0 Å². The molecule has 0 atom stereocenters. The third kappa shape index (κ3) is 7.63. The molecule has 0 unspecified atom stereocenters. The van der Waals surface area contributed by atoms with E-state index >= 15 is 0 Å². The van der Waals surface area contributed by atoms with Crippen LogP contribution in [0.25, 0.3) is 11.1 Å². The fourth-order valence-corrected chi connectivity index (χ4v) is 6.90. The van der Waals surface area contributed by atoms with Crippen LogP contribution in [0.15, 0.2) is 97.6 Å². The zero-order valence-corrected chi connectivity index (χ0v) is 25.1. The molecule has 1 aliphatic carbocycles. The Bertz CT molecular complexity index is 1370. The zero-order chi connectivity index (χ0) is 30.1. The minimum absolute atomic E-state index is 0.0495. The van der Waals surface area contributed by atoms with E-state index in [0.29, 0.717) is 10.9 Å². The summed E-state index contributed by atoms with van der Waals surface area (Å²) in [5.41, 5.74) is 6.86. The highest BCUT2D eigenvalue weighted by Gasteiger charge is 2.41. The zero-order valence-electron chi connectivity index (χ0n) is 25.1. The summed E-state index contributed by atoms with van der Waals surface area (Å²) in [7, 11) is -2.86. The highest BCUT2D eigenvalue weighted by atomic mass is 16.4. The maximum atomic E-state index is 9.46. The smallest absolute Gasteiger partial charge is 0.423 e. The van der Waals surface area contributed by atoms with Crippen molar-refractivity contribution in [1.82, 2.24) is 0 Å². The topological polar surface area (TPSA) is 88.7 Å². The number of pyridine rings is 2. The maximum Gasteiger partial charge on any atom is 0.494 e. The fraction of sp³-hybridized carbons (Fsp3) is 0.371. The number of unbranched alkanes of at least 4 members (excludes halogenated alkanes) is 6. The standard InChI is InChI=1S/C35H44B2N2O4/c40-36(41)29-15-13-25-38(27-29)23-11-3-1-9-21-35(33-19-7-5-17-31(33)32-18-6-8-20-34(32)35)22-10-2-4-12-24-39-26-14-16-30(28-39)37(42)43/h5-8,13-20,25-28,40-43H,1-4,9-12,21-24H2/q+2. The molecule has 8 heteroatoms. The van der Waals surface area contributed by atoms with Gasteiger partial charge < -0.3 is 20.1 Å². The van der Waals surface area contributed by atoms with Crippen molar-refractivity contribution in [3.8, 4) is 11.1 Å². The average molecular weight is 578 g/mol. The Balaban J connectivity index is 1.18. The molecule has 0 saturated heterocycles. The van der Waals surface area contributed by atoms with Gasteiger partial charge in [0.1, 0.15) is 13.1 Å². The Hall–Kier alpha value is -3.29. The summed E-state index contributed by atoms with van der Waals surface area (Å²) in [5.74, 6) is 0. The normalized spacial score (nSPS) is 13.0. The Morgan fingerprint density at radius 1 is 0.488 bits per heavy atom. The van der Waals surface area contributed by atoms with Crippen LogP contribution < -0.4 is 20.1 Å². The Labute approximate surface area is 256 Å². The van der Waals surface area contributed by atoms with Crippen molar-refractivity contribution in [2.75, 3.05) is 0 Å². The monoisotopic (exact) mass is 578 g/mol. The molecule has 6 nitrogen and oxygen atoms in total. The second-order valence-corrected chi connectivity index (χ2v) is 12.0. The molecule has 0 fully saturated rings. The fourth-order valence-electron chi connectivity index (χ4n) is 6.90. The van der Waals surface area contributed by atoms with Crippen molar-refractivity contribution in [1.29, 1.82) is 0 Å². The first-order valence-corrected chi connectivity index (χ1v) is 15.9. The van der Waals surface area contributed by atoms with Gasteiger partial charge >= 0.3 is 14.2 Å². The summed E-state index contributed by atoms with van der Waals surface area (Å²) in [6.07, 6.45) is 19.0. The van der Waals surface area contributed by atoms with E-state index in [0.717, 1.165) is 51.6 Å².